The molecule has 0 saturated carbocycles. The fourth-order valence-corrected chi connectivity index (χ4v) is 7.17. The zero-order chi connectivity index (χ0) is 33.5. The molecule has 1 saturated heterocycles. The number of rotatable bonds is 14. The predicted molar refractivity (Wildman–Crippen MR) is 152 cm³/mol. The molecule has 0 amide bonds. The summed E-state index contributed by atoms with van der Waals surface area (Å²) in [5.74, 6) is -2.63. The molecular formula is C25H35ClF3N3O10SSi. The van der Waals surface area contributed by atoms with Crippen LogP contribution in [0.4, 0.5) is 13.2 Å². The van der Waals surface area contributed by atoms with Crippen molar-refractivity contribution in [2.75, 3.05) is 19.1 Å². The van der Waals surface area contributed by atoms with E-state index in [0.717, 1.165) is 0 Å². The molecule has 0 radical (unpaired) electrons. The van der Waals surface area contributed by atoms with Crippen LogP contribution in [0.25, 0.3) is 10.4 Å². The van der Waals surface area contributed by atoms with Crippen molar-refractivity contribution in [3.63, 3.8) is 0 Å². The molecule has 0 spiro atoms. The van der Waals surface area contributed by atoms with Gasteiger partial charge in [-0.15, -0.1) is 11.6 Å². The molecule has 1 aromatic rings. The molecule has 1 fully saturated rings. The Morgan fingerprint density at radius 3 is 2.25 bits per heavy atom. The lowest BCUT2D eigenvalue weighted by Gasteiger charge is -2.49. The van der Waals surface area contributed by atoms with Crippen LogP contribution in [0.5, 0.6) is 0 Å². The third kappa shape index (κ3) is 10.3. The summed E-state index contributed by atoms with van der Waals surface area (Å²) in [6.07, 6.45) is -11.6. The molecule has 1 aliphatic rings. The van der Waals surface area contributed by atoms with Crippen molar-refractivity contribution >= 4 is 42.3 Å². The minimum atomic E-state index is -5.25. The minimum absolute atomic E-state index is 0.0603. The van der Waals surface area contributed by atoms with Crippen LogP contribution < -0.4 is 0 Å². The number of hydrogen-bond acceptors (Lipinski definition) is 11. The van der Waals surface area contributed by atoms with Gasteiger partial charge in [-0.05, 0) is 41.7 Å². The van der Waals surface area contributed by atoms with Crippen LogP contribution in [0.3, 0.4) is 0 Å². The van der Waals surface area contributed by atoms with E-state index in [1.54, 1.807) is 18.2 Å². The van der Waals surface area contributed by atoms with E-state index in [4.69, 9.17) is 30.2 Å². The maximum atomic E-state index is 13.2. The van der Waals surface area contributed by atoms with Gasteiger partial charge in [0.2, 0.25) is 0 Å². The fourth-order valence-electron chi connectivity index (χ4n) is 3.99. The lowest BCUT2D eigenvalue weighted by Crippen LogP contribution is -2.63. The quantitative estimate of drug-likeness (QED) is 0.0626. The molecule has 0 aliphatic carbocycles. The first kappa shape index (κ1) is 37.7. The van der Waals surface area contributed by atoms with E-state index in [1.807, 2.05) is 40.8 Å². The molecule has 1 aromatic carbocycles. The summed E-state index contributed by atoms with van der Waals surface area (Å²) in [5, 5.41) is 3.30. The Bertz CT molecular complexity index is 1300. The van der Waals surface area contributed by atoms with Crippen LogP contribution in [0.2, 0.25) is 18.1 Å². The van der Waals surface area contributed by atoms with Crippen LogP contribution in [0.15, 0.2) is 35.4 Å². The van der Waals surface area contributed by atoms with E-state index in [9.17, 15) is 36.7 Å². The summed E-state index contributed by atoms with van der Waals surface area (Å²) in [7, 11) is -8.11. The molecule has 44 heavy (non-hydrogen) atoms. The Morgan fingerprint density at radius 1 is 1.11 bits per heavy atom. The van der Waals surface area contributed by atoms with E-state index >= 15 is 0 Å². The lowest BCUT2D eigenvalue weighted by atomic mass is 9.97. The minimum Gasteiger partial charge on any atom is -0.455 e. The van der Waals surface area contributed by atoms with Gasteiger partial charge in [-0.25, -0.2) is 13.2 Å². The van der Waals surface area contributed by atoms with Crippen molar-refractivity contribution in [2.24, 2.45) is 11.0 Å². The van der Waals surface area contributed by atoms with Gasteiger partial charge < -0.3 is 18.6 Å². The summed E-state index contributed by atoms with van der Waals surface area (Å²) in [6, 6.07) is 6.08. The molecule has 0 aromatic heterocycles. The number of carbonyl (C=O) groups is 2. The number of ether oxygens (including phenoxy) is 3. The highest BCUT2D eigenvalue weighted by atomic mass is 35.5. The number of halogens is 4. The van der Waals surface area contributed by atoms with Crippen LogP contribution in [-0.2, 0) is 42.2 Å². The van der Waals surface area contributed by atoms with Crippen LogP contribution in [0, 0.1) is 5.92 Å². The lowest BCUT2D eigenvalue weighted by molar-refractivity contribution is -0.248. The van der Waals surface area contributed by atoms with Gasteiger partial charge in [-0.2, -0.15) is 21.6 Å². The SMILES string of the molecule is CC(C)C(C)(C)[Si](C)(C)O[C@@H]1O[C@H](COS(=O)(=O)OCC(F)(F)F)[C@@H](OC(=O)CCl)[C@H](OC(=O)c2ccccc2)[C@H]1N=[N+]=[N-]. The largest absolute Gasteiger partial charge is 0.455 e. The van der Waals surface area contributed by atoms with Gasteiger partial charge in [0, 0.05) is 4.91 Å². The van der Waals surface area contributed by atoms with Gasteiger partial charge in [-0.3, -0.25) is 4.79 Å². The Morgan fingerprint density at radius 2 is 1.73 bits per heavy atom. The summed E-state index contributed by atoms with van der Waals surface area (Å²) < 4.78 is 93.9. The Balaban J connectivity index is 2.60. The molecule has 1 heterocycles. The van der Waals surface area contributed by atoms with Gasteiger partial charge in [0.05, 0.1) is 12.2 Å². The maximum Gasteiger partial charge on any atom is 0.413 e. The summed E-state index contributed by atoms with van der Waals surface area (Å²) in [6.45, 7) is 8.31. The molecule has 1 aliphatic heterocycles. The van der Waals surface area contributed by atoms with E-state index in [1.165, 1.54) is 12.1 Å². The first-order chi connectivity index (χ1) is 20.2. The van der Waals surface area contributed by atoms with Gasteiger partial charge in [0.15, 0.2) is 33.4 Å². The number of carbonyl (C=O) groups excluding carboxylic acids is 2. The van der Waals surface area contributed by atoms with Gasteiger partial charge in [0.1, 0.15) is 18.0 Å². The number of nitrogens with zero attached hydrogens (tertiary/aromatic N) is 3. The summed E-state index contributed by atoms with van der Waals surface area (Å²) in [5.41, 5.74) is 9.50. The Kier molecular flexibility index (Phi) is 13.1. The number of azide groups is 1. The Labute approximate surface area is 259 Å². The monoisotopic (exact) mass is 689 g/mol. The predicted octanol–water partition coefficient (Wildman–Crippen LogP) is 5.26. The normalized spacial score (nSPS) is 23.1. The van der Waals surface area contributed by atoms with Gasteiger partial charge in [-0.1, -0.05) is 51.0 Å². The maximum absolute atomic E-state index is 13.2. The van der Waals surface area contributed by atoms with Crippen molar-refractivity contribution in [3.8, 4) is 0 Å². The van der Waals surface area contributed by atoms with E-state index in [0.29, 0.717) is 0 Å². The van der Waals surface area contributed by atoms with Crippen molar-refractivity contribution in [2.45, 2.75) is 82.6 Å². The number of benzene rings is 1. The van der Waals surface area contributed by atoms with E-state index < -0.39 is 91.6 Å². The number of esters is 2. The molecule has 0 unspecified atom stereocenters. The van der Waals surface area contributed by atoms with Gasteiger partial charge >= 0.3 is 28.5 Å². The zero-order valence-electron chi connectivity index (χ0n) is 24.8. The third-order valence-electron chi connectivity index (χ3n) is 7.58. The average Bonchev–Trinajstić information content (AvgIpc) is 2.93. The van der Waals surface area contributed by atoms with Crippen LogP contribution in [0.1, 0.15) is 38.1 Å². The van der Waals surface area contributed by atoms with Crippen molar-refractivity contribution in [3.05, 3.63) is 46.3 Å². The standard InChI is InChI=1S/C25H35ClF3N3O10SSi/c1-15(2)24(3,4)44(5,6)42-23-19(31-32-30)21(41-22(34)16-10-8-7-9-11-16)20(40-18(33)12-26)17(39-23)13-37-43(35,36)38-14-25(27,28)29/h7-11,15,17,19-21,23H,12-14H2,1-6H3/t17-,19-,20-,21-,23+/m1/s1. The topological polar surface area (TPSA) is 172 Å². The molecule has 0 N–H and O–H groups in total. The van der Waals surface area contributed by atoms with Gasteiger partial charge in [0.25, 0.3) is 0 Å². The molecular weight excluding hydrogens is 655 g/mol. The van der Waals surface area contributed by atoms with Crippen LogP contribution in [-0.4, -0.2) is 84.6 Å². The first-order valence-electron chi connectivity index (χ1n) is 13.2. The highest BCUT2D eigenvalue weighted by molar-refractivity contribution is 7.81. The zero-order valence-corrected chi connectivity index (χ0v) is 27.4. The number of alkyl halides is 4. The summed E-state index contributed by atoms with van der Waals surface area (Å²) >= 11 is 5.62. The second kappa shape index (κ2) is 15.2. The fraction of sp³-hybridized carbons (Fsp3) is 0.680. The highest BCUT2D eigenvalue weighted by Gasteiger charge is 2.54. The smallest absolute Gasteiger partial charge is 0.413 e. The van der Waals surface area contributed by atoms with Crippen molar-refractivity contribution in [1.29, 1.82) is 0 Å². The second-order valence-electron chi connectivity index (χ2n) is 11.1. The van der Waals surface area contributed by atoms with E-state index in [2.05, 4.69) is 18.4 Å². The number of hydrogen-bond donors (Lipinski definition) is 0. The molecule has 19 heteroatoms. The Hall–Kier alpha value is -2.44. The molecule has 2 rings (SSSR count). The summed E-state index contributed by atoms with van der Waals surface area (Å²) in [4.78, 5) is 28.3. The first-order valence-corrected chi connectivity index (χ1v) is 18.0. The molecule has 5 atom stereocenters. The average molecular weight is 690 g/mol. The molecule has 248 valence electrons. The molecule has 0 bridgehead atoms. The van der Waals surface area contributed by atoms with Crippen molar-refractivity contribution in [1.82, 2.24) is 0 Å². The molecule has 13 nitrogen and oxygen atoms in total. The second-order valence-corrected chi connectivity index (χ2v) is 17.2. The van der Waals surface area contributed by atoms with E-state index in [-0.39, 0.29) is 11.5 Å². The third-order valence-corrected chi connectivity index (χ3v) is 13.1. The van der Waals surface area contributed by atoms with Crippen molar-refractivity contribution < 1.29 is 58.2 Å². The highest BCUT2D eigenvalue weighted by Crippen LogP contribution is 2.46. The van der Waals surface area contributed by atoms with Crippen LogP contribution >= 0.6 is 11.6 Å².